The zero-order valence-electron chi connectivity index (χ0n) is 16.9. The van der Waals surface area contributed by atoms with Gasteiger partial charge in [-0.3, -0.25) is 0 Å². The van der Waals surface area contributed by atoms with Gasteiger partial charge in [0.2, 0.25) is 0 Å². The first-order chi connectivity index (χ1) is 9.44. The minimum Gasteiger partial charge on any atom is -0.106 e. The topological polar surface area (TPSA) is 0 Å². The molecule has 22 heavy (non-hydrogen) atoms. The van der Waals surface area contributed by atoms with Crippen LogP contribution in [0.1, 0.15) is 83.1 Å². The number of rotatable bonds is 0. The smallest absolute Gasteiger partial charge is 0.0694 e. The molecule has 0 radical (unpaired) electrons. The van der Waals surface area contributed by atoms with Crippen LogP contribution in [0, 0.1) is 21.7 Å². The van der Waals surface area contributed by atoms with Gasteiger partial charge in [0.25, 0.3) is 0 Å². The van der Waals surface area contributed by atoms with Gasteiger partial charge in [-0.05, 0) is 27.2 Å². The van der Waals surface area contributed by atoms with E-state index in [1.807, 2.05) is 11.8 Å². The highest BCUT2D eigenvalue weighted by atomic mass is 32.2. The van der Waals surface area contributed by atoms with Crippen molar-refractivity contribution in [2.75, 3.05) is 0 Å². The van der Waals surface area contributed by atoms with E-state index in [2.05, 4.69) is 94.5 Å². The molecule has 0 aromatic rings. The number of hydrogen-bond acceptors (Lipinski definition) is 1. The molecule has 1 saturated heterocycles. The maximum absolute atomic E-state index is 3.57. The SMILES string of the molecule is CC(C)(C)C(=C=C=C1SC1(C(C)(C)C)C(C)(C)C)C(C)(C)C. The minimum absolute atomic E-state index is 0.123. The molecule has 0 aliphatic carbocycles. The molecule has 1 heterocycles. The quantitative estimate of drug-likeness (QED) is 0.335. The van der Waals surface area contributed by atoms with Crippen molar-refractivity contribution in [3.05, 3.63) is 21.9 Å². The zero-order valence-corrected chi connectivity index (χ0v) is 17.7. The highest BCUT2D eigenvalue weighted by Crippen LogP contribution is 2.73. The molecule has 0 aromatic heterocycles. The zero-order chi connectivity index (χ0) is 17.8. The lowest BCUT2D eigenvalue weighted by molar-refractivity contribution is 0.201. The molecule has 0 saturated carbocycles. The normalized spacial score (nSPS) is 18.6. The van der Waals surface area contributed by atoms with Crippen molar-refractivity contribution in [3.8, 4) is 0 Å². The molecule has 1 heteroatoms. The number of allylic oxidation sites excluding steroid dienone is 1. The third-order valence-corrected chi connectivity index (χ3v) is 6.59. The molecule has 1 rings (SSSR count). The molecular formula is C21H36S. The van der Waals surface area contributed by atoms with E-state index in [1.165, 1.54) is 10.5 Å². The molecule has 0 unspecified atom stereocenters. The van der Waals surface area contributed by atoms with Crippen LogP contribution in [0.25, 0.3) is 0 Å². The fraction of sp³-hybridized carbons (Fsp3) is 0.810. The van der Waals surface area contributed by atoms with Crippen LogP contribution in [0.5, 0.6) is 0 Å². The predicted molar refractivity (Wildman–Crippen MR) is 102 cm³/mol. The van der Waals surface area contributed by atoms with Crippen LogP contribution in [-0.4, -0.2) is 4.75 Å². The summed E-state index contributed by atoms with van der Waals surface area (Å²) in [5.74, 6) is 0. The highest BCUT2D eigenvalue weighted by molar-refractivity contribution is 8.13. The third-order valence-electron chi connectivity index (χ3n) is 4.45. The number of thioether (sulfide) groups is 1. The Hall–Kier alpha value is -0.350. The van der Waals surface area contributed by atoms with Crippen molar-refractivity contribution in [3.63, 3.8) is 0 Å². The minimum atomic E-state index is 0.123. The Morgan fingerprint density at radius 2 is 1.09 bits per heavy atom. The standard InChI is InChI=1S/C21H36S/c1-17(2,3)15(18(4,5)6)13-14-16-21(22-16,19(7,8)9)20(10,11)12/h1-12H3. The average molecular weight is 321 g/mol. The summed E-state index contributed by atoms with van der Waals surface area (Å²) < 4.78 is 0.174. The first-order valence-corrected chi connectivity index (χ1v) is 9.22. The van der Waals surface area contributed by atoms with Gasteiger partial charge >= 0.3 is 0 Å². The Kier molecular flexibility index (Phi) is 4.78. The lowest BCUT2D eigenvalue weighted by atomic mass is 9.66. The Balaban J connectivity index is 3.55. The Bertz CT molecular complexity index is 505. The Labute approximate surface area is 143 Å². The van der Waals surface area contributed by atoms with Crippen LogP contribution in [0.2, 0.25) is 0 Å². The fourth-order valence-electron chi connectivity index (χ4n) is 3.97. The molecule has 0 nitrogen and oxygen atoms in total. The monoisotopic (exact) mass is 320 g/mol. The van der Waals surface area contributed by atoms with E-state index < -0.39 is 0 Å². The molecule has 1 aliphatic heterocycles. The first-order valence-electron chi connectivity index (χ1n) is 8.41. The molecule has 0 N–H and O–H groups in total. The molecule has 1 fully saturated rings. The van der Waals surface area contributed by atoms with Crippen LogP contribution in [0.4, 0.5) is 0 Å². The van der Waals surface area contributed by atoms with E-state index in [0.29, 0.717) is 0 Å². The van der Waals surface area contributed by atoms with Crippen LogP contribution >= 0.6 is 11.8 Å². The van der Waals surface area contributed by atoms with Gasteiger partial charge in [-0.1, -0.05) is 94.5 Å². The highest BCUT2D eigenvalue weighted by Gasteiger charge is 2.65. The van der Waals surface area contributed by atoms with Crippen molar-refractivity contribution in [1.29, 1.82) is 0 Å². The van der Waals surface area contributed by atoms with Gasteiger partial charge in [0, 0.05) is 0 Å². The summed E-state index contributed by atoms with van der Waals surface area (Å²) in [4.78, 5) is 1.37. The van der Waals surface area contributed by atoms with Crippen molar-refractivity contribution in [2.24, 2.45) is 21.7 Å². The van der Waals surface area contributed by atoms with Gasteiger partial charge in [0.1, 0.15) is 0 Å². The van der Waals surface area contributed by atoms with Gasteiger partial charge in [-0.2, -0.15) is 0 Å². The summed E-state index contributed by atoms with van der Waals surface area (Å²) in [6.07, 6.45) is 0. The van der Waals surface area contributed by atoms with Crippen LogP contribution < -0.4 is 0 Å². The van der Waals surface area contributed by atoms with E-state index in [9.17, 15) is 0 Å². The molecule has 0 atom stereocenters. The predicted octanol–water partition coefficient (Wildman–Crippen LogP) is 7.22. The number of hydrogen-bond donors (Lipinski definition) is 0. The summed E-state index contributed by atoms with van der Waals surface area (Å²) in [5, 5.41) is 0. The fourth-order valence-corrected chi connectivity index (χ4v) is 5.61. The lowest BCUT2D eigenvalue weighted by Crippen LogP contribution is -2.40. The van der Waals surface area contributed by atoms with Crippen LogP contribution in [0.3, 0.4) is 0 Å². The molecule has 126 valence electrons. The Morgan fingerprint density at radius 3 is 1.32 bits per heavy atom. The van der Waals surface area contributed by atoms with Gasteiger partial charge in [-0.15, -0.1) is 11.8 Å². The van der Waals surface area contributed by atoms with Crippen molar-refractivity contribution < 1.29 is 0 Å². The second kappa shape index (κ2) is 5.34. The maximum Gasteiger partial charge on any atom is 0.0694 e. The van der Waals surface area contributed by atoms with Gasteiger partial charge in [-0.25, -0.2) is 0 Å². The van der Waals surface area contributed by atoms with E-state index in [0.717, 1.165) is 0 Å². The van der Waals surface area contributed by atoms with E-state index in [4.69, 9.17) is 0 Å². The van der Waals surface area contributed by atoms with Crippen molar-refractivity contribution in [1.82, 2.24) is 0 Å². The molecule has 1 aliphatic rings. The molecular weight excluding hydrogens is 284 g/mol. The van der Waals surface area contributed by atoms with Gasteiger partial charge < -0.3 is 0 Å². The second-order valence-corrected chi connectivity index (χ2v) is 12.0. The summed E-state index contributed by atoms with van der Waals surface area (Å²) in [6, 6.07) is 0. The van der Waals surface area contributed by atoms with Gasteiger partial charge in [0.15, 0.2) is 0 Å². The maximum atomic E-state index is 3.57. The molecule has 0 amide bonds. The molecule has 0 bridgehead atoms. The van der Waals surface area contributed by atoms with Crippen molar-refractivity contribution >= 4 is 11.8 Å². The van der Waals surface area contributed by atoms with Gasteiger partial charge in [0.05, 0.1) is 9.65 Å². The summed E-state index contributed by atoms with van der Waals surface area (Å²) in [6.45, 7) is 27.7. The van der Waals surface area contributed by atoms with E-state index in [-0.39, 0.29) is 26.4 Å². The third kappa shape index (κ3) is 3.59. The average Bonchev–Trinajstić information content (AvgIpc) is 2.86. The summed E-state index contributed by atoms with van der Waals surface area (Å²) in [5.41, 5.74) is 9.18. The Morgan fingerprint density at radius 1 is 0.727 bits per heavy atom. The van der Waals surface area contributed by atoms with Crippen molar-refractivity contribution in [2.45, 2.75) is 87.8 Å². The lowest BCUT2D eigenvalue weighted by Gasteiger charge is -2.39. The van der Waals surface area contributed by atoms with E-state index >= 15 is 0 Å². The van der Waals surface area contributed by atoms with Crippen LogP contribution in [0.15, 0.2) is 21.9 Å². The summed E-state index contributed by atoms with van der Waals surface area (Å²) in [7, 11) is 0. The van der Waals surface area contributed by atoms with E-state index in [1.54, 1.807) is 0 Å². The summed E-state index contributed by atoms with van der Waals surface area (Å²) >= 11 is 1.99. The molecule has 0 spiro atoms. The largest absolute Gasteiger partial charge is 0.106 e. The van der Waals surface area contributed by atoms with Crippen LogP contribution in [-0.2, 0) is 0 Å². The first kappa shape index (κ1) is 19.7. The molecule has 0 aromatic carbocycles. The second-order valence-electron chi connectivity index (χ2n) is 10.7.